The third kappa shape index (κ3) is 4.68. The Balaban J connectivity index is 1.19. The summed E-state index contributed by atoms with van der Waals surface area (Å²) in [6.07, 6.45) is 12.5. The Morgan fingerprint density at radius 3 is 2.67 bits per heavy atom. The van der Waals surface area contributed by atoms with Crippen LogP contribution < -0.4 is 10.2 Å². The first kappa shape index (κ1) is 24.7. The average Bonchev–Trinajstić information content (AvgIpc) is 3.62. The van der Waals surface area contributed by atoms with Gasteiger partial charge in [0.05, 0.1) is 35.0 Å². The minimum atomic E-state index is 0.0857. The summed E-state index contributed by atoms with van der Waals surface area (Å²) < 4.78 is 0. The van der Waals surface area contributed by atoms with Crippen molar-refractivity contribution in [1.29, 1.82) is 0 Å². The normalized spacial score (nSPS) is 17.1. The number of piperazine rings is 1. The minimum Gasteiger partial charge on any atom is -0.368 e. The number of H-pyrrole nitrogens is 2. The van der Waals surface area contributed by atoms with Gasteiger partial charge in [0.15, 0.2) is 0 Å². The first-order valence-electron chi connectivity index (χ1n) is 14.1. The van der Waals surface area contributed by atoms with E-state index in [1.165, 1.54) is 12.1 Å². The molecule has 10 heteroatoms. The highest BCUT2D eigenvalue weighted by Gasteiger charge is 2.22. The number of anilines is 2. The fraction of sp³-hybridized carbons (Fsp3) is 0.367. The van der Waals surface area contributed by atoms with Crippen LogP contribution in [0, 0.1) is 5.92 Å². The maximum absolute atomic E-state index is 12.8. The van der Waals surface area contributed by atoms with Crippen molar-refractivity contribution >= 4 is 39.2 Å². The first-order valence-corrected chi connectivity index (χ1v) is 14.1. The molecule has 0 bridgehead atoms. The van der Waals surface area contributed by atoms with E-state index < -0.39 is 0 Å². The molecule has 40 heavy (non-hydrogen) atoms. The Bertz CT molecular complexity index is 1680. The Morgan fingerprint density at radius 2 is 1.82 bits per heavy atom. The van der Waals surface area contributed by atoms with Gasteiger partial charge < -0.3 is 20.1 Å². The molecule has 1 amide bonds. The number of carbonyl (C=O) groups excluding carboxylic acids is 1. The van der Waals surface area contributed by atoms with Crippen LogP contribution in [0.4, 0.5) is 11.4 Å². The lowest BCUT2D eigenvalue weighted by molar-refractivity contribution is -0.120. The van der Waals surface area contributed by atoms with Crippen LogP contribution in [0.1, 0.15) is 32.1 Å². The van der Waals surface area contributed by atoms with Crippen LogP contribution in [0.15, 0.2) is 49.1 Å². The lowest BCUT2D eigenvalue weighted by Gasteiger charge is -2.34. The summed E-state index contributed by atoms with van der Waals surface area (Å²) >= 11 is 0. The maximum atomic E-state index is 12.8. The van der Waals surface area contributed by atoms with E-state index in [0.29, 0.717) is 5.69 Å². The summed E-state index contributed by atoms with van der Waals surface area (Å²) in [5, 5.41) is 12.9. The highest BCUT2D eigenvalue weighted by molar-refractivity contribution is 5.99. The zero-order valence-corrected chi connectivity index (χ0v) is 22.7. The molecule has 2 fully saturated rings. The van der Waals surface area contributed by atoms with Crippen molar-refractivity contribution in [3.05, 3.63) is 49.1 Å². The highest BCUT2D eigenvalue weighted by Crippen LogP contribution is 2.34. The number of rotatable bonds is 5. The Labute approximate surface area is 232 Å². The largest absolute Gasteiger partial charge is 0.368 e. The number of pyridine rings is 3. The van der Waals surface area contributed by atoms with E-state index in [2.05, 4.69) is 64.4 Å². The molecule has 0 atom stereocenters. The van der Waals surface area contributed by atoms with Crippen molar-refractivity contribution in [2.75, 3.05) is 43.4 Å². The number of nitrogens with one attached hydrogen (secondary N) is 3. The van der Waals surface area contributed by atoms with Gasteiger partial charge in [0.1, 0.15) is 11.3 Å². The molecule has 5 aromatic rings. The molecule has 10 nitrogen and oxygen atoms in total. The number of hydrogen-bond acceptors (Lipinski definition) is 7. The molecule has 0 spiro atoms. The van der Waals surface area contributed by atoms with Gasteiger partial charge in [-0.05, 0) is 44.2 Å². The summed E-state index contributed by atoms with van der Waals surface area (Å²) in [7, 11) is 2.17. The van der Waals surface area contributed by atoms with Crippen LogP contribution in [0.25, 0.3) is 44.6 Å². The molecule has 7 rings (SSSR count). The molecule has 1 saturated carbocycles. The molecule has 1 aliphatic heterocycles. The Kier molecular flexibility index (Phi) is 6.39. The number of carbonyl (C=O) groups is 1. The second-order valence-corrected chi connectivity index (χ2v) is 11.0. The number of aromatic nitrogens is 6. The number of nitrogens with zero attached hydrogens (tertiary/aromatic N) is 6. The zero-order valence-electron chi connectivity index (χ0n) is 22.7. The monoisotopic (exact) mass is 535 g/mol. The van der Waals surface area contributed by atoms with Gasteiger partial charge in [0.2, 0.25) is 5.91 Å². The molecule has 0 aromatic carbocycles. The van der Waals surface area contributed by atoms with Crippen molar-refractivity contribution in [1.82, 2.24) is 35.0 Å². The molecular weight excluding hydrogens is 502 g/mol. The minimum absolute atomic E-state index is 0.0857. The number of amides is 1. The molecule has 0 radical (unpaired) electrons. The van der Waals surface area contributed by atoms with Crippen LogP contribution in [-0.4, -0.2) is 74.2 Å². The number of hydrogen-bond donors (Lipinski definition) is 3. The molecule has 6 heterocycles. The topological polar surface area (TPSA) is 119 Å². The van der Waals surface area contributed by atoms with Crippen molar-refractivity contribution in [2.45, 2.75) is 32.1 Å². The van der Waals surface area contributed by atoms with Gasteiger partial charge in [-0.3, -0.25) is 19.9 Å². The van der Waals surface area contributed by atoms with Crippen molar-refractivity contribution < 1.29 is 4.79 Å². The number of aromatic amines is 2. The van der Waals surface area contributed by atoms with Gasteiger partial charge in [-0.1, -0.05) is 19.3 Å². The van der Waals surface area contributed by atoms with Gasteiger partial charge >= 0.3 is 0 Å². The van der Waals surface area contributed by atoms with Crippen molar-refractivity contribution in [3.63, 3.8) is 0 Å². The van der Waals surface area contributed by atoms with Crippen LogP contribution in [0.2, 0.25) is 0 Å². The van der Waals surface area contributed by atoms with Crippen LogP contribution in [0.5, 0.6) is 0 Å². The van der Waals surface area contributed by atoms with E-state index in [0.717, 1.165) is 96.4 Å². The predicted octanol–water partition coefficient (Wildman–Crippen LogP) is 4.83. The first-order chi connectivity index (χ1) is 19.6. The Morgan fingerprint density at radius 1 is 0.975 bits per heavy atom. The third-order valence-electron chi connectivity index (χ3n) is 8.33. The van der Waals surface area contributed by atoms with Gasteiger partial charge in [-0.2, -0.15) is 5.10 Å². The summed E-state index contributed by atoms with van der Waals surface area (Å²) in [4.78, 5) is 34.7. The molecule has 5 aromatic heterocycles. The van der Waals surface area contributed by atoms with E-state index >= 15 is 0 Å². The standard InChI is InChI=1S/C30H33N9O/c1-38-9-11-39(12-10-38)27-7-8-32-29-23(27)15-25(35-29)28-22-14-24(33-18-26(22)36-37-28)20-13-21(17-31-16-20)34-30(40)19-5-3-2-4-6-19/h7-8,13-19H,2-6,9-12H2,1H3,(H,32,35)(H,34,40)(H,36,37). The van der Waals surface area contributed by atoms with Gasteiger partial charge in [0.25, 0.3) is 0 Å². The van der Waals surface area contributed by atoms with Crippen LogP contribution in [-0.2, 0) is 4.79 Å². The number of fused-ring (bicyclic) bond motifs is 2. The number of likely N-dealkylation sites (N-methyl/N-ethyl adjacent to an activating group) is 1. The van der Waals surface area contributed by atoms with Gasteiger partial charge in [0, 0.05) is 66.5 Å². The highest BCUT2D eigenvalue weighted by atomic mass is 16.1. The summed E-state index contributed by atoms with van der Waals surface area (Å²) in [5.74, 6) is 0.172. The molecule has 1 saturated heterocycles. The Hall–Kier alpha value is -4.31. The SMILES string of the molecule is CN1CCN(c2ccnc3[nH]c(-c4n[nH]c5cnc(-c6cncc(NC(=O)C7CCCCC7)c6)cc45)cc23)CC1. The fourth-order valence-corrected chi connectivity index (χ4v) is 6.00. The predicted molar refractivity (Wildman–Crippen MR) is 157 cm³/mol. The molecule has 0 unspecified atom stereocenters. The molecule has 2 aliphatic rings. The molecule has 1 aliphatic carbocycles. The summed E-state index contributed by atoms with van der Waals surface area (Å²) in [6.45, 7) is 4.07. The third-order valence-corrected chi connectivity index (χ3v) is 8.33. The van der Waals surface area contributed by atoms with E-state index in [1.807, 2.05) is 18.3 Å². The fourth-order valence-electron chi connectivity index (χ4n) is 6.00. The van der Waals surface area contributed by atoms with Crippen LogP contribution >= 0.6 is 0 Å². The second kappa shape index (κ2) is 10.3. The van der Waals surface area contributed by atoms with Crippen molar-refractivity contribution in [2.24, 2.45) is 5.92 Å². The van der Waals surface area contributed by atoms with Crippen LogP contribution in [0.3, 0.4) is 0 Å². The van der Waals surface area contributed by atoms with Gasteiger partial charge in [-0.25, -0.2) is 4.98 Å². The summed E-state index contributed by atoms with van der Waals surface area (Å²) in [6, 6.07) is 8.22. The zero-order chi connectivity index (χ0) is 27.1. The van der Waals surface area contributed by atoms with Crippen molar-refractivity contribution in [3.8, 4) is 22.6 Å². The molecule has 204 valence electrons. The second-order valence-electron chi connectivity index (χ2n) is 11.0. The molecular formula is C30H33N9O. The van der Waals surface area contributed by atoms with E-state index in [4.69, 9.17) is 0 Å². The van der Waals surface area contributed by atoms with E-state index in [9.17, 15) is 4.79 Å². The van der Waals surface area contributed by atoms with E-state index in [-0.39, 0.29) is 11.8 Å². The lowest BCUT2D eigenvalue weighted by Crippen LogP contribution is -2.44. The lowest BCUT2D eigenvalue weighted by atomic mass is 9.88. The molecule has 3 N–H and O–H groups in total. The maximum Gasteiger partial charge on any atom is 0.227 e. The van der Waals surface area contributed by atoms with Gasteiger partial charge in [-0.15, -0.1) is 0 Å². The summed E-state index contributed by atoms with van der Waals surface area (Å²) in [5.41, 5.74) is 6.91. The van der Waals surface area contributed by atoms with E-state index in [1.54, 1.807) is 18.6 Å². The average molecular weight is 536 g/mol. The quantitative estimate of drug-likeness (QED) is 0.295. The smallest absolute Gasteiger partial charge is 0.227 e.